The molecule has 0 saturated heterocycles. The van der Waals surface area contributed by atoms with Gasteiger partial charge in [0, 0.05) is 11.3 Å². The molecule has 1 amide bonds. The third kappa shape index (κ3) is 4.98. The van der Waals surface area contributed by atoms with E-state index in [9.17, 15) is 22.4 Å². The monoisotopic (exact) mass is 327 g/mol. The van der Waals surface area contributed by atoms with Gasteiger partial charge in [-0.05, 0) is 48.9 Å². The number of ether oxygens (including phenoxy) is 1. The number of nitrogens with one attached hydrogen (secondary N) is 1. The lowest BCUT2D eigenvalue weighted by Crippen LogP contribution is -2.19. The molecule has 2 rings (SSSR count). The average Bonchev–Trinajstić information content (AvgIpc) is 2.48. The highest BCUT2D eigenvalue weighted by Gasteiger charge is 2.28. The lowest BCUT2D eigenvalue weighted by atomic mass is 10.1. The number of amides is 1. The Morgan fingerprint density at radius 2 is 1.78 bits per heavy atom. The van der Waals surface area contributed by atoms with Crippen molar-refractivity contribution in [3.8, 4) is 5.75 Å². The van der Waals surface area contributed by atoms with Crippen molar-refractivity contribution < 1.29 is 27.1 Å². The zero-order chi connectivity index (χ0) is 17.0. The van der Waals surface area contributed by atoms with Gasteiger partial charge < -0.3 is 10.1 Å². The highest BCUT2D eigenvalue weighted by molar-refractivity contribution is 6.05. The van der Waals surface area contributed by atoms with Gasteiger partial charge in [-0.2, -0.15) is 13.2 Å². The van der Waals surface area contributed by atoms with E-state index >= 15 is 0 Å². The summed E-state index contributed by atoms with van der Waals surface area (Å²) >= 11 is 0. The largest absolute Gasteiger partial charge is 0.484 e. The standard InChI is InChI=1S/C16H13F4NO2/c1-10-2-3-11(17)8-14(10)15(22)21-12-4-6-13(7-5-12)23-9-16(18,19)20/h2-8H,9H2,1H3,(H,21,22). The summed E-state index contributed by atoms with van der Waals surface area (Å²) in [5.74, 6) is -1.01. The highest BCUT2D eigenvalue weighted by Crippen LogP contribution is 2.21. The van der Waals surface area contributed by atoms with Gasteiger partial charge in [0.1, 0.15) is 11.6 Å². The molecule has 0 aliphatic heterocycles. The minimum Gasteiger partial charge on any atom is -0.484 e. The number of benzene rings is 2. The number of carbonyl (C=O) groups excluding carboxylic acids is 1. The van der Waals surface area contributed by atoms with E-state index in [2.05, 4.69) is 10.1 Å². The Morgan fingerprint density at radius 3 is 2.39 bits per heavy atom. The van der Waals surface area contributed by atoms with Crippen molar-refractivity contribution in [3.63, 3.8) is 0 Å². The van der Waals surface area contributed by atoms with Crippen LogP contribution >= 0.6 is 0 Å². The highest BCUT2D eigenvalue weighted by atomic mass is 19.4. The summed E-state index contributed by atoms with van der Waals surface area (Å²) in [6, 6.07) is 9.26. The maximum Gasteiger partial charge on any atom is 0.422 e. The molecule has 0 aliphatic carbocycles. The average molecular weight is 327 g/mol. The molecule has 0 aliphatic rings. The Labute approximate surface area is 129 Å². The van der Waals surface area contributed by atoms with Crippen LogP contribution in [0.3, 0.4) is 0 Å². The van der Waals surface area contributed by atoms with Crippen LogP contribution in [-0.4, -0.2) is 18.7 Å². The molecule has 2 aromatic carbocycles. The Hall–Kier alpha value is -2.57. The van der Waals surface area contributed by atoms with Gasteiger partial charge in [0.05, 0.1) is 0 Å². The summed E-state index contributed by atoms with van der Waals surface area (Å²) in [7, 11) is 0. The van der Waals surface area contributed by atoms with Gasteiger partial charge in [-0.1, -0.05) is 6.07 Å². The van der Waals surface area contributed by atoms with Gasteiger partial charge in [-0.25, -0.2) is 4.39 Å². The van der Waals surface area contributed by atoms with Gasteiger partial charge in [0.15, 0.2) is 6.61 Å². The molecule has 0 atom stereocenters. The van der Waals surface area contributed by atoms with Crippen LogP contribution < -0.4 is 10.1 Å². The molecule has 1 N–H and O–H groups in total. The smallest absolute Gasteiger partial charge is 0.422 e. The first-order chi connectivity index (χ1) is 10.7. The lowest BCUT2D eigenvalue weighted by molar-refractivity contribution is -0.153. The fraction of sp³-hybridized carbons (Fsp3) is 0.188. The van der Waals surface area contributed by atoms with E-state index < -0.39 is 24.5 Å². The number of aryl methyl sites for hydroxylation is 1. The van der Waals surface area contributed by atoms with Crippen LogP contribution in [0.1, 0.15) is 15.9 Å². The Balaban J connectivity index is 2.03. The molecule has 0 saturated carbocycles. The van der Waals surface area contributed by atoms with E-state index in [1.165, 1.54) is 36.4 Å². The molecule has 0 fully saturated rings. The minimum absolute atomic E-state index is 0.0299. The predicted octanol–water partition coefficient (Wildman–Crippen LogP) is 4.33. The number of halogens is 4. The summed E-state index contributed by atoms with van der Waals surface area (Å²) in [6.07, 6.45) is -4.41. The van der Waals surface area contributed by atoms with Gasteiger partial charge in [-0.15, -0.1) is 0 Å². The second kappa shape index (κ2) is 6.68. The summed E-state index contributed by atoms with van der Waals surface area (Å²) in [4.78, 5) is 12.1. The molecule has 122 valence electrons. The molecule has 0 heterocycles. The van der Waals surface area contributed by atoms with Crippen LogP contribution in [0.2, 0.25) is 0 Å². The van der Waals surface area contributed by atoms with Crippen molar-refractivity contribution in [2.24, 2.45) is 0 Å². The van der Waals surface area contributed by atoms with Gasteiger partial charge in [-0.3, -0.25) is 4.79 Å². The number of hydrogen-bond donors (Lipinski definition) is 1. The lowest BCUT2D eigenvalue weighted by Gasteiger charge is -2.11. The molecule has 0 aromatic heterocycles. The summed E-state index contributed by atoms with van der Waals surface area (Å²) < 4.78 is 53.9. The summed E-state index contributed by atoms with van der Waals surface area (Å²) in [5, 5.41) is 2.54. The Bertz CT molecular complexity index is 696. The number of alkyl halides is 3. The molecule has 3 nitrogen and oxygen atoms in total. The number of anilines is 1. The van der Waals surface area contributed by atoms with Crippen LogP contribution in [0.15, 0.2) is 42.5 Å². The van der Waals surface area contributed by atoms with Crippen molar-refractivity contribution in [1.29, 1.82) is 0 Å². The van der Waals surface area contributed by atoms with Crippen molar-refractivity contribution in [2.75, 3.05) is 11.9 Å². The summed E-state index contributed by atoms with van der Waals surface area (Å²) in [5.41, 5.74) is 1.15. The SMILES string of the molecule is Cc1ccc(F)cc1C(=O)Nc1ccc(OCC(F)(F)F)cc1. The third-order valence-corrected chi connectivity index (χ3v) is 2.96. The first-order valence-corrected chi connectivity index (χ1v) is 6.62. The van der Waals surface area contributed by atoms with Crippen LogP contribution in [0.5, 0.6) is 5.75 Å². The number of carbonyl (C=O) groups is 1. The second-order valence-electron chi connectivity index (χ2n) is 4.84. The van der Waals surface area contributed by atoms with Crippen molar-refractivity contribution in [3.05, 3.63) is 59.4 Å². The van der Waals surface area contributed by atoms with Crippen molar-refractivity contribution >= 4 is 11.6 Å². The quantitative estimate of drug-likeness (QED) is 0.849. The van der Waals surface area contributed by atoms with Crippen molar-refractivity contribution in [2.45, 2.75) is 13.1 Å². The molecule has 23 heavy (non-hydrogen) atoms. The van der Waals surface area contributed by atoms with Crippen LogP contribution in [0, 0.1) is 12.7 Å². The molecular weight excluding hydrogens is 314 g/mol. The van der Waals surface area contributed by atoms with E-state index in [0.717, 1.165) is 6.07 Å². The first kappa shape index (κ1) is 16.8. The normalized spacial score (nSPS) is 11.2. The number of rotatable bonds is 4. The fourth-order valence-corrected chi connectivity index (χ4v) is 1.84. The van der Waals surface area contributed by atoms with Crippen LogP contribution in [-0.2, 0) is 0 Å². The molecule has 0 spiro atoms. The topological polar surface area (TPSA) is 38.3 Å². The zero-order valence-corrected chi connectivity index (χ0v) is 12.1. The maximum atomic E-state index is 13.2. The zero-order valence-electron chi connectivity index (χ0n) is 12.1. The predicted molar refractivity (Wildman–Crippen MR) is 77.1 cm³/mol. The van der Waals surface area contributed by atoms with Gasteiger partial charge in [0.25, 0.3) is 5.91 Å². The van der Waals surface area contributed by atoms with Crippen LogP contribution in [0.4, 0.5) is 23.2 Å². The van der Waals surface area contributed by atoms with E-state index in [0.29, 0.717) is 11.3 Å². The van der Waals surface area contributed by atoms with Crippen molar-refractivity contribution in [1.82, 2.24) is 0 Å². The third-order valence-electron chi connectivity index (χ3n) is 2.96. The fourth-order valence-electron chi connectivity index (χ4n) is 1.84. The number of hydrogen-bond acceptors (Lipinski definition) is 2. The Morgan fingerprint density at radius 1 is 1.13 bits per heavy atom. The first-order valence-electron chi connectivity index (χ1n) is 6.62. The minimum atomic E-state index is -4.41. The molecule has 0 bridgehead atoms. The van der Waals surface area contributed by atoms with E-state index in [4.69, 9.17) is 0 Å². The van der Waals surface area contributed by atoms with Crippen LogP contribution in [0.25, 0.3) is 0 Å². The maximum absolute atomic E-state index is 13.2. The molecule has 2 aromatic rings. The second-order valence-corrected chi connectivity index (χ2v) is 4.84. The molecule has 7 heteroatoms. The van der Waals surface area contributed by atoms with E-state index in [1.54, 1.807) is 6.92 Å². The molecule has 0 unspecified atom stereocenters. The Kier molecular flexibility index (Phi) is 4.88. The van der Waals surface area contributed by atoms with Gasteiger partial charge in [0.2, 0.25) is 0 Å². The van der Waals surface area contributed by atoms with E-state index in [-0.39, 0.29) is 11.3 Å². The van der Waals surface area contributed by atoms with Gasteiger partial charge >= 0.3 is 6.18 Å². The molecule has 0 radical (unpaired) electrons. The molecular formula is C16H13F4NO2. The summed E-state index contributed by atoms with van der Waals surface area (Å²) in [6.45, 7) is 0.281. The van der Waals surface area contributed by atoms with E-state index in [1.807, 2.05) is 0 Å².